The lowest BCUT2D eigenvalue weighted by Gasteiger charge is -2.19. The molecule has 0 aliphatic carbocycles. The van der Waals surface area contributed by atoms with Crippen LogP contribution < -0.4 is 10.1 Å². The number of rotatable bonds is 3. The van der Waals surface area contributed by atoms with Crippen LogP contribution in [0.4, 0.5) is 0 Å². The summed E-state index contributed by atoms with van der Waals surface area (Å²) in [4.78, 5) is 4.48. The van der Waals surface area contributed by atoms with Crippen molar-refractivity contribution in [1.29, 1.82) is 0 Å². The molecule has 1 aliphatic rings. The SMILES string of the molecule is COc1ccc(-c2noc(C3CCCCN3)n2)cc1. The van der Waals surface area contributed by atoms with Crippen molar-refractivity contribution in [3.8, 4) is 17.1 Å². The molecule has 2 heterocycles. The van der Waals surface area contributed by atoms with E-state index in [-0.39, 0.29) is 6.04 Å². The van der Waals surface area contributed by atoms with Gasteiger partial charge in [0.25, 0.3) is 0 Å². The zero-order chi connectivity index (χ0) is 13.1. The maximum absolute atomic E-state index is 5.36. The maximum Gasteiger partial charge on any atom is 0.244 e. The van der Waals surface area contributed by atoms with Gasteiger partial charge in [-0.3, -0.25) is 0 Å². The number of aromatic nitrogens is 2. The first-order chi connectivity index (χ1) is 9.36. The first-order valence-corrected chi connectivity index (χ1v) is 6.58. The molecule has 1 aromatic carbocycles. The lowest BCUT2D eigenvalue weighted by Crippen LogP contribution is -2.26. The molecule has 1 aliphatic heterocycles. The molecule has 19 heavy (non-hydrogen) atoms. The fraction of sp³-hybridized carbons (Fsp3) is 0.429. The summed E-state index contributed by atoms with van der Waals surface area (Å²) in [5.41, 5.74) is 0.937. The van der Waals surface area contributed by atoms with Gasteiger partial charge >= 0.3 is 0 Å². The van der Waals surface area contributed by atoms with Gasteiger partial charge in [-0.2, -0.15) is 4.98 Å². The fourth-order valence-corrected chi connectivity index (χ4v) is 2.30. The van der Waals surface area contributed by atoms with Crippen LogP contribution >= 0.6 is 0 Å². The van der Waals surface area contributed by atoms with Crippen LogP contribution in [0.25, 0.3) is 11.4 Å². The van der Waals surface area contributed by atoms with Gasteiger partial charge in [0.2, 0.25) is 11.7 Å². The Morgan fingerprint density at radius 2 is 2.11 bits per heavy atom. The van der Waals surface area contributed by atoms with E-state index in [1.165, 1.54) is 12.8 Å². The molecule has 5 nitrogen and oxygen atoms in total. The zero-order valence-electron chi connectivity index (χ0n) is 10.9. The molecule has 2 aromatic rings. The van der Waals surface area contributed by atoms with Crippen LogP contribution in [0.2, 0.25) is 0 Å². The second-order valence-corrected chi connectivity index (χ2v) is 4.69. The predicted octanol–water partition coefficient (Wildman–Crippen LogP) is 2.56. The van der Waals surface area contributed by atoms with E-state index in [1.54, 1.807) is 7.11 Å². The third-order valence-corrected chi connectivity index (χ3v) is 3.40. The minimum absolute atomic E-state index is 0.202. The van der Waals surface area contributed by atoms with Crippen molar-refractivity contribution in [2.45, 2.75) is 25.3 Å². The Labute approximate surface area is 112 Å². The van der Waals surface area contributed by atoms with Crippen LogP contribution in [0.3, 0.4) is 0 Å². The Hall–Kier alpha value is -1.88. The highest BCUT2D eigenvalue weighted by Gasteiger charge is 2.21. The van der Waals surface area contributed by atoms with Crippen LogP contribution in [0.1, 0.15) is 31.2 Å². The number of nitrogens with zero attached hydrogens (tertiary/aromatic N) is 2. The summed E-state index contributed by atoms with van der Waals surface area (Å²) in [5, 5.41) is 7.45. The Balaban J connectivity index is 1.79. The van der Waals surface area contributed by atoms with Crippen LogP contribution in [0, 0.1) is 0 Å². The number of nitrogens with one attached hydrogen (secondary N) is 1. The van der Waals surface area contributed by atoms with Gasteiger partial charge in [0, 0.05) is 5.56 Å². The molecule has 100 valence electrons. The smallest absolute Gasteiger partial charge is 0.244 e. The first kappa shape index (κ1) is 12.2. The summed E-state index contributed by atoms with van der Waals surface area (Å²) < 4.78 is 10.5. The second-order valence-electron chi connectivity index (χ2n) is 4.69. The van der Waals surface area contributed by atoms with Gasteiger partial charge in [0.1, 0.15) is 5.75 Å². The minimum Gasteiger partial charge on any atom is -0.497 e. The average molecular weight is 259 g/mol. The van der Waals surface area contributed by atoms with Crippen LogP contribution in [-0.2, 0) is 0 Å². The summed E-state index contributed by atoms with van der Waals surface area (Å²) in [7, 11) is 1.65. The van der Waals surface area contributed by atoms with Gasteiger partial charge in [-0.25, -0.2) is 0 Å². The molecule has 0 saturated carbocycles. The summed E-state index contributed by atoms with van der Waals surface area (Å²) >= 11 is 0. The molecule has 0 bridgehead atoms. The minimum atomic E-state index is 0.202. The zero-order valence-corrected chi connectivity index (χ0v) is 10.9. The number of benzene rings is 1. The van der Waals surface area contributed by atoms with E-state index in [0.29, 0.717) is 11.7 Å². The quantitative estimate of drug-likeness (QED) is 0.918. The van der Waals surface area contributed by atoms with Crippen molar-refractivity contribution in [2.24, 2.45) is 0 Å². The molecule has 0 radical (unpaired) electrons. The van der Waals surface area contributed by atoms with Crippen molar-refractivity contribution < 1.29 is 9.26 Å². The second kappa shape index (κ2) is 5.40. The largest absolute Gasteiger partial charge is 0.497 e. The number of ether oxygens (including phenoxy) is 1. The molecule has 5 heteroatoms. The van der Waals surface area contributed by atoms with E-state index < -0.39 is 0 Å². The van der Waals surface area contributed by atoms with Gasteiger partial charge in [-0.1, -0.05) is 11.6 Å². The highest BCUT2D eigenvalue weighted by atomic mass is 16.5. The van der Waals surface area contributed by atoms with Crippen molar-refractivity contribution in [1.82, 2.24) is 15.5 Å². The topological polar surface area (TPSA) is 60.2 Å². The Bertz CT molecular complexity index is 530. The molecule has 3 rings (SSSR count). The molecule has 1 fully saturated rings. The van der Waals surface area contributed by atoms with Crippen molar-refractivity contribution in [3.05, 3.63) is 30.2 Å². The predicted molar refractivity (Wildman–Crippen MR) is 70.9 cm³/mol. The molecular formula is C14H17N3O2. The normalized spacial score (nSPS) is 19.3. The molecule has 1 unspecified atom stereocenters. The molecule has 0 amide bonds. The van der Waals surface area contributed by atoms with Crippen LogP contribution in [-0.4, -0.2) is 23.8 Å². The average Bonchev–Trinajstić information content (AvgIpc) is 2.98. The van der Waals surface area contributed by atoms with E-state index in [0.717, 1.165) is 24.3 Å². The third-order valence-electron chi connectivity index (χ3n) is 3.40. The summed E-state index contributed by atoms with van der Waals surface area (Å²) in [6, 6.07) is 7.85. The van der Waals surface area contributed by atoms with E-state index in [2.05, 4.69) is 15.5 Å². The van der Waals surface area contributed by atoms with Crippen LogP contribution in [0.15, 0.2) is 28.8 Å². The maximum atomic E-state index is 5.36. The van der Waals surface area contributed by atoms with E-state index in [4.69, 9.17) is 9.26 Å². The third kappa shape index (κ3) is 2.61. The van der Waals surface area contributed by atoms with Crippen molar-refractivity contribution in [2.75, 3.05) is 13.7 Å². The van der Waals surface area contributed by atoms with Gasteiger partial charge in [0.05, 0.1) is 13.2 Å². The van der Waals surface area contributed by atoms with E-state index >= 15 is 0 Å². The lowest BCUT2D eigenvalue weighted by atomic mass is 10.1. The van der Waals surface area contributed by atoms with Gasteiger partial charge in [-0.05, 0) is 43.7 Å². The van der Waals surface area contributed by atoms with Gasteiger partial charge in [-0.15, -0.1) is 0 Å². The number of hydrogen-bond donors (Lipinski definition) is 1. The Kier molecular flexibility index (Phi) is 3.46. The first-order valence-electron chi connectivity index (χ1n) is 6.58. The molecule has 1 N–H and O–H groups in total. The molecule has 0 spiro atoms. The Morgan fingerprint density at radius 3 is 2.79 bits per heavy atom. The highest BCUT2D eigenvalue weighted by molar-refractivity contribution is 5.55. The molecule has 1 atom stereocenters. The number of hydrogen-bond acceptors (Lipinski definition) is 5. The number of piperidine rings is 1. The fourth-order valence-electron chi connectivity index (χ4n) is 2.30. The molecular weight excluding hydrogens is 242 g/mol. The van der Waals surface area contributed by atoms with E-state index in [1.807, 2.05) is 24.3 Å². The summed E-state index contributed by atoms with van der Waals surface area (Å²) in [6.07, 6.45) is 3.48. The van der Waals surface area contributed by atoms with E-state index in [9.17, 15) is 0 Å². The van der Waals surface area contributed by atoms with Crippen LogP contribution in [0.5, 0.6) is 5.75 Å². The molecule has 1 saturated heterocycles. The monoisotopic (exact) mass is 259 g/mol. The lowest BCUT2D eigenvalue weighted by molar-refractivity contribution is 0.297. The summed E-state index contributed by atoms with van der Waals surface area (Å²) in [5.74, 6) is 2.14. The highest BCUT2D eigenvalue weighted by Crippen LogP contribution is 2.25. The molecule has 1 aromatic heterocycles. The van der Waals surface area contributed by atoms with Gasteiger partial charge < -0.3 is 14.6 Å². The Morgan fingerprint density at radius 1 is 1.26 bits per heavy atom. The van der Waals surface area contributed by atoms with Crippen molar-refractivity contribution >= 4 is 0 Å². The van der Waals surface area contributed by atoms with Crippen molar-refractivity contribution in [3.63, 3.8) is 0 Å². The van der Waals surface area contributed by atoms with Gasteiger partial charge in [0.15, 0.2) is 0 Å². The summed E-state index contributed by atoms with van der Waals surface area (Å²) in [6.45, 7) is 1.02. The standard InChI is InChI=1S/C14H17N3O2/c1-18-11-7-5-10(6-8-11)13-16-14(19-17-13)12-4-2-3-9-15-12/h5-8,12,15H,2-4,9H2,1H3. The number of methoxy groups -OCH3 is 1.